The highest BCUT2D eigenvalue weighted by atomic mass is 16.2. The van der Waals surface area contributed by atoms with E-state index in [0.29, 0.717) is 17.1 Å². The van der Waals surface area contributed by atoms with Gasteiger partial charge >= 0.3 is 0 Å². The van der Waals surface area contributed by atoms with E-state index in [0.717, 1.165) is 10.8 Å². The molecule has 0 bridgehead atoms. The molecule has 0 saturated heterocycles. The molecule has 3 aromatic rings. The van der Waals surface area contributed by atoms with Gasteiger partial charge in [0.25, 0.3) is 5.91 Å². The maximum Gasteiger partial charge on any atom is 0.271 e. The van der Waals surface area contributed by atoms with Crippen LogP contribution in [0, 0.1) is 0 Å². The molecule has 2 amide bonds. The maximum absolute atomic E-state index is 12.4. The van der Waals surface area contributed by atoms with E-state index in [4.69, 9.17) is 0 Å². The van der Waals surface area contributed by atoms with Gasteiger partial charge in [-0.1, -0.05) is 42.5 Å². The molecule has 3 rings (SSSR count). The van der Waals surface area contributed by atoms with Crippen LogP contribution in [0.4, 0.5) is 5.82 Å². The predicted molar refractivity (Wildman–Crippen MR) is 102 cm³/mol. The van der Waals surface area contributed by atoms with Gasteiger partial charge in [0, 0.05) is 17.5 Å². The molecule has 130 valence electrons. The molecule has 0 radical (unpaired) electrons. The van der Waals surface area contributed by atoms with Crippen LogP contribution in [0.2, 0.25) is 0 Å². The number of anilines is 1. The number of rotatable bonds is 5. The Hall–Kier alpha value is -3.54. The van der Waals surface area contributed by atoms with Crippen LogP contribution in [-0.2, 0) is 4.79 Å². The molecule has 6 nitrogen and oxygen atoms in total. The zero-order valence-corrected chi connectivity index (χ0v) is 14.3. The minimum atomic E-state index is -0.314. The Kier molecular flexibility index (Phi) is 5.34. The highest BCUT2D eigenvalue weighted by Gasteiger charge is 2.10. The number of pyridine rings is 1. The number of hydrazone groups is 1. The molecule has 1 heterocycles. The van der Waals surface area contributed by atoms with Crippen LogP contribution >= 0.6 is 0 Å². The first-order valence-corrected chi connectivity index (χ1v) is 8.15. The molecule has 0 spiro atoms. The summed E-state index contributed by atoms with van der Waals surface area (Å²) in [7, 11) is 0. The van der Waals surface area contributed by atoms with Crippen molar-refractivity contribution in [1.29, 1.82) is 0 Å². The Bertz CT molecular complexity index is 962. The number of nitrogens with zero attached hydrogens (tertiary/aromatic N) is 2. The molecule has 2 N–H and O–H groups in total. The van der Waals surface area contributed by atoms with Gasteiger partial charge in [-0.3, -0.25) is 9.59 Å². The minimum Gasteiger partial charge on any atom is -0.310 e. The molecule has 1 aromatic heterocycles. The van der Waals surface area contributed by atoms with Crippen molar-refractivity contribution in [3.05, 3.63) is 72.4 Å². The van der Waals surface area contributed by atoms with Gasteiger partial charge in [0.2, 0.25) is 5.91 Å². The van der Waals surface area contributed by atoms with E-state index in [1.54, 1.807) is 37.4 Å². The highest BCUT2D eigenvalue weighted by molar-refractivity contribution is 6.08. The molecule has 0 saturated carbocycles. The van der Waals surface area contributed by atoms with E-state index in [2.05, 4.69) is 20.8 Å². The third-order valence-electron chi connectivity index (χ3n) is 3.73. The summed E-state index contributed by atoms with van der Waals surface area (Å²) < 4.78 is 0. The number of hydrogen-bond acceptors (Lipinski definition) is 4. The molecule has 0 aliphatic rings. The fraction of sp³-hybridized carbons (Fsp3) is 0.100. The molecular formula is C20H18N4O2. The van der Waals surface area contributed by atoms with Crippen LogP contribution < -0.4 is 10.7 Å². The molecule has 0 aliphatic carbocycles. The Morgan fingerprint density at radius 2 is 1.77 bits per heavy atom. The van der Waals surface area contributed by atoms with Crippen molar-refractivity contribution >= 4 is 34.1 Å². The van der Waals surface area contributed by atoms with Crippen LogP contribution in [0.15, 0.2) is 72.0 Å². The number of amides is 2. The Morgan fingerprint density at radius 3 is 2.58 bits per heavy atom. The molecule has 0 atom stereocenters. The van der Waals surface area contributed by atoms with Crippen molar-refractivity contribution in [2.24, 2.45) is 5.10 Å². The highest BCUT2D eigenvalue weighted by Crippen LogP contribution is 2.18. The molecule has 0 aliphatic heterocycles. The second-order valence-corrected chi connectivity index (χ2v) is 5.75. The van der Waals surface area contributed by atoms with E-state index >= 15 is 0 Å². The Morgan fingerprint density at radius 1 is 1.00 bits per heavy atom. The number of carbonyl (C=O) groups is 2. The summed E-state index contributed by atoms with van der Waals surface area (Å²) >= 11 is 0. The number of hydrogen-bond donors (Lipinski definition) is 2. The lowest BCUT2D eigenvalue weighted by Crippen LogP contribution is -2.21. The first-order valence-electron chi connectivity index (χ1n) is 8.15. The summed E-state index contributed by atoms with van der Waals surface area (Å²) in [5.74, 6) is -0.0827. The van der Waals surface area contributed by atoms with Gasteiger partial charge in [0.1, 0.15) is 5.82 Å². The van der Waals surface area contributed by atoms with Crippen molar-refractivity contribution in [3.8, 4) is 0 Å². The molecule has 2 aromatic carbocycles. The third-order valence-corrected chi connectivity index (χ3v) is 3.73. The van der Waals surface area contributed by atoms with Crippen LogP contribution in [0.25, 0.3) is 10.8 Å². The topological polar surface area (TPSA) is 83.4 Å². The van der Waals surface area contributed by atoms with E-state index in [1.165, 1.54) is 0 Å². The third kappa shape index (κ3) is 4.30. The van der Waals surface area contributed by atoms with Crippen LogP contribution in [0.3, 0.4) is 0 Å². The van der Waals surface area contributed by atoms with Gasteiger partial charge < -0.3 is 5.32 Å². The largest absolute Gasteiger partial charge is 0.310 e. The molecule has 0 fully saturated rings. The number of benzene rings is 2. The minimum absolute atomic E-state index is 0.0619. The van der Waals surface area contributed by atoms with Gasteiger partial charge in [0.15, 0.2) is 0 Å². The van der Waals surface area contributed by atoms with E-state index in [1.807, 2.05) is 36.4 Å². The monoisotopic (exact) mass is 346 g/mol. The van der Waals surface area contributed by atoms with Gasteiger partial charge in [-0.05, 0) is 35.9 Å². The summed E-state index contributed by atoms with van der Waals surface area (Å²) in [6, 6.07) is 18.4. The Balaban J connectivity index is 1.63. The van der Waals surface area contributed by atoms with Gasteiger partial charge in [-0.2, -0.15) is 5.10 Å². The first kappa shape index (κ1) is 17.3. The average Bonchev–Trinajstić information content (AvgIpc) is 2.66. The quantitative estimate of drug-likeness (QED) is 0.549. The van der Waals surface area contributed by atoms with Crippen molar-refractivity contribution in [1.82, 2.24) is 10.4 Å². The zero-order chi connectivity index (χ0) is 18.4. The van der Waals surface area contributed by atoms with E-state index in [-0.39, 0.29) is 18.2 Å². The molecule has 26 heavy (non-hydrogen) atoms. The second-order valence-electron chi connectivity index (χ2n) is 5.75. The van der Waals surface area contributed by atoms with E-state index in [9.17, 15) is 9.59 Å². The van der Waals surface area contributed by atoms with Crippen molar-refractivity contribution in [3.63, 3.8) is 0 Å². The smallest absolute Gasteiger partial charge is 0.271 e. The zero-order valence-electron chi connectivity index (χ0n) is 14.3. The van der Waals surface area contributed by atoms with Crippen LogP contribution in [0.1, 0.15) is 23.7 Å². The lowest BCUT2D eigenvalue weighted by molar-refractivity contribution is -0.115. The van der Waals surface area contributed by atoms with Crippen molar-refractivity contribution in [2.75, 3.05) is 5.32 Å². The van der Waals surface area contributed by atoms with Crippen molar-refractivity contribution < 1.29 is 9.59 Å². The molecular weight excluding hydrogens is 328 g/mol. The number of nitrogens with one attached hydrogen (secondary N) is 2. The average molecular weight is 346 g/mol. The van der Waals surface area contributed by atoms with E-state index < -0.39 is 0 Å². The number of fused-ring (bicyclic) bond motifs is 1. The standard InChI is InChI=1S/C20H18N4O2/c1-14(13-19(25)22-18-11-4-5-12-21-18)23-24-20(26)17-10-6-8-15-7-2-3-9-16(15)17/h2-12H,13H2,1H3,(H,24,26)(H,21,22,25)/b23-14-. The number of carbonyl (C=O) groups excluding carboxylic acids is 2. The summed E-state index contributed by atoms with van der Waals surface area (Å²) in [5, 5.41) is 8.53. The molecule has 6 heteroatoms. The summed E-state index contributed by atoms with van der Waals surface area (Å²) in [6.07, 6.45) is 1.66. The summed E-state index contributed by atoms with van der Waals surface area (Å²) in [6.45, 7) is 1.68. The van der Waals surface area contributed by atoms with Gasteiger partial charge in [-0.25, -0.2) is 10.4 Å². The summed E-state index contributed by atoms with van der Waals surface area (Å²) in [5.41, 5.74) is 3.55. The molecule has 0 unspecified atom stereocenters. The fourth-order valence-electron chi connectivity index (χ4n) is 2.53. The normalized spacial score (nSPS) is 11.2. The summed E-state index contributed by atoms with van der Waals surface area (Å²) in [4.78, 5) is 28.4. The predicted octanol–water partition coefficient (Wildman–Crippen LogP) is 3.37. The fourth-order valence-corrected chi connectivity index (χ4v) is 2.53. The SMILES string of the molecule is C/C(CC(=O)Nc1ccccn1)=N/NC(=O)c1cccc2ccccc12. The first-order chi connectivity index (χ1) is 12.6. The van der Waals surface area contributed by atoms with Crippen LogP contribution in [-0.4, -0.2) is 22.5 Å². The van der Waals surface area contributed by atoms with Gasteiger partial charge in [-0.15, -0.1) is 0 Å². The van der Waals surface area contributed by atoms with Crippen LogP contribution in [0.5, 0.6) is 0 Å². The lowest BCUT2D eigenvalue weighted by Gasteiger charge is -2.06. The van der Waals surface area contributed by atoms with Gasteiger partial charge in [0.05, 0.1) is 6.42 Å². The number of aromatic nitrogens is 1. The Labute approximate surface area is 151 Å². The second kappa shape index (κ2) is 8.02. The lowest BCUT2D eigenvalue weighted by atomic mass is 10.0. The maximum atomic E-state index is 12.4. The van der Waals surface area contributed by atoms with Crippen molar-refractivity contribution in [2.45, 2.75) is 13.3 Å².